The minimum Gasteiger partial charge on any atom is -0.492 e. The van der Waals surface area contributed by atoms with E-state index < -0.39 is 9.84 Å². The lowest BCUT2D eigenvalue weighted by Crippen LogP contribution is -2.40. The van der Waals surface area contributed by atoms with Crippen molar-refractivity contribution in [1.82, 2.24) is 14.9 Å². The molecule has 35 heavy (non-hydrogen) atoms. The van der Waals surface area contributed by atoms with E-state index in [0.29, 0.717) is 31.0 Å². The molecule has 0 spiro atoms. The van der Waals surface area contributed by atoms with E-state index in [1.807, 2.05) is 37.3 Å². The molecule has 0 amide bonds. The highest BCUT2D eigenvalue weighted by Gasteiger charge is 2.21. The van der Waals surface area contributed by atoms with E-state index in [4.69, 9.17) is 4.74 Å². The molecule has 5 rings (SSSR count). The molecule has 8 nitrogen and oxygen atoms in total. The summed E-state index contributed by atoms with van der Waals surface area (Å²) in [5.41, 5.74) is 5.21. The van der Waals surface area contributed by atoms with Crippen molar-refractivity contribution < 1.29 is 13.2 Å². The van der Waals surface area contributed by atoms with Gasteiger partial charge in [0.1, 0.15) is 11.8 Å². The molecule has 1 aliphatic rings. The number of aromatic amines is 1. The molecule has 2 aromatic heterocycles. The summed E-state index contributed by atoms with van der Waals surface area (Å²) in [7, 11) is -2.87. The highest BCUT2D eigenvalue weighted by molar-refractivity contribution is 7.91. The number of ether oxygens (including phenoxy) is 1. The van der Waals surface area contributed by atoms with Gasteiger partial charge in [-0.3, -0.25) is 4.98 Å². The molecular formula is C26H27N5O3S. The van der Waals surface area contributed by atoms with Gasteiger partial charge >= 0.3 is 0 Å². The van der Waals surface area contributed by atoms with Crippen LogP contribution in [-0.4, -0.2) is 61.0 Å². The van der Waals surface area contributed by atoms with E-state index in [-0.39, 0.29) is 11.5 Å². The van der Waals surface area contributed by atoms with Crippen LogP contribution in [0.15, 0.2) is 48.7 Å². The van der Waals surface area contributed by atoms with Crippen LogP contribution in [0.2, 0.25) is 0 Å². The lowest BCUT2D eigenvalue weighted by atomic mass is 10.1. The quantitative estimate of drug-likeness (QED) is 0.375. The first-order valence-corrected chi connectivity index (χ1v) is 13.5. The second-order valence-electron chi connectivity index (χ2n) is 8.91. The zero-order valence-corrected chi connectivity index (χ0v) is 20.4. The average molecular weight is 490 g/mol. The van der Waals surface area contributed by atoms with Crippen LogP contribution in [0, 0.1) is 18.3 Å². The lowest BCUT2D eigenvalue weighted by molar-refractivity contribution is 0.245. The molecule has 0 aliphatic carbocycles. The van der Waals surface area contributed by atoms with Gasteiger partial charge in [0.2, 0.25) is 0 Å². The third-order valence-corrected chi connectivity index (χ3v) is 7.92. The van der Waals surface area contributed by atoms with Crippen LogP contribution < -0.4 is 10.1 Å². The predicted octanol–water partition coefficient (Wildman–Crippen LogP) is 4.14. The number of H-pyrrole nitrogens is 1. The summed E-state index contributed by atoms with van der Waals surface area (Å²) in [4.78, 5) is 9.96. The van der Waals surface area contributed by atoms with Crippen molar-refractivity contribution in [2.75, 3.05) is 43.1 Å². The fourth-order valence-electron chi connectivity index (χ4n) is 4.44. The summed E-state index contributed by atoms with van der Waals surface area (Å²) in [6.07, 6.45) is 2.49. The second-order valence-corrected chi connectivity index (χ2v) is 11.2. The fraction of sp³-hybridized carbons (Fsp3) is 0.308. The van der Waals surface area contributed by atoms with Crippen molar-refractivity contribution in [3.05, 3.63) is 59.9 Å². The summed E-state index contributed by atoms with van der Waals surface area (Å²) in [6.45, 7) is 4.38. The number of benzene rings is 2. The highest BCUT2D eigenvalue weighted by Crippen LogP contribution is 2.31. The number of rotatable bonds is 7. The summed E-state index contributed by atoms with van der Waals surface area (Å²) >= 11 is 0. The summed E-state index contributed by atoms with van der Waals surface area (Å²) in [5.74, 6) is 0.949. The molecule has 0 unspecified atom stereocenters. The number of fused-ring (bicyclic) bond motifs is 2. The minimum atomic E-state index is -2.87. The van der Waals surface area contributed by atoms with E-state index >= 15 is 0 Å². The van der Waals surface area contributed by atoms with Crippen LogP contribution in [-0.2, 0) is 9.84 Å². The molecule has 2 N–H and O–H groups in total. The predicted molar refractivity (Wildman–Crippen MR) is 138 cm³/mol. The van der Waals surface area contributed by atoms with Gasteiger partial charge in [0, 0.05) is 65.3 Å². The number of anilines is 2. The minimum absolute atomic E-state index is 0.220. The van der Waals surface area contributed by atoms with Crippen LogP contribution in [0.5, 0.6) is 5.75 Å². The van der Waals surface area contributed by atoms with Crippen molar-refractivity contribution in [1.29, 1.82) is 5.26 Å². The molecule has 1 saturated heterocycles. The molecule has 2 aromatic carbocycles. The summed E-state index contributed by atoms with van der Waals surface area (Å²) < 4.78 is 29.1. The van der Waals surface area contributed by atoms with Crippen LogP contribution >= 0.6 is 0 Å². The Morgan fingerprint density at radius 3 is 2.80 bits per heavy atom. The molecule has 1 aliphatic heterocycles. The number of nitriles is 1. The smallest absolute Gasteiger partial charge is 0.152 e. The monoisotopic (exact) mass is 489 g/mol. The Balaban J connectivity index is 1.29. The number of nitrogens with one attached hydrogen (secondary N) is 2. The Kier molecular flexibility index (Phi) is 6.32. The first kappa shape index (κ1) is 23.1. The third-order valence-electron chi connectivity index (χ3n) is 6.31. The van der Waals surface area contributed by atoms with Gasteiger partial charge in [-0.1, -0.05) is 0 Å². The Morgan fingerprint density at radius 1 is 1.17 bits per heavy atom. The number of hydrogen-bond donors (Lipinski definition) is 2. The molecule has 0 atom stereocenters. The first-order chi connectivity index (χ1) is 16.9. The largest absolute Gasteiger partial charge is 0.492 e. The average Bonchev–Trinajstić information content (AvgIpc) is 3.21. The topological polar surface area (TPSA) is 111 Å². The maximum absolute atomic E-state index is 11.6. The molecule has 1 fully saturated rings. The van der Waals surface area contributed by atoms with Crippen LogP contribution in [0.25, 0.3) is 21.8 Å². The summed E-state index contributed by atoms with van der Waals surface area (Å²) in [5, 5.41) is 15.2. The Bertz CT molecular complexity index is 1520. The molecule has 4 aromatic rings. The second kappa shape index (κ2) is 9.56. The highest BCUT2D eigenvalue weighted by atomic mass is 32.2. The molecule has 0 bridgehead atoms. The Labute approximate surface area is 204 Å². The Morgan fingerprint density at radius 2 is 2.00 bits per heavy atom. The maximum Gasteiger partial charge on any atom is 0.152 e. The number of nitrogens with zero attached hydrogens (tertiary/aromatic N) is 3. The van der Waals surface area contributed by atoms with Gasteiger partial charge in [-0.15, -0.1) is 0 Å². The molecule has 9 heteroatoms. The van der Waals surface area contributed by atoms with Gasteiger partial charge in [-0.2, -0.15) is 5.26 Å². The van der Waals surface area contributed by atoms with Gasteiger partial charge in [0.05, 0.1) is 29.2 Å². The molecule has 3 heterocycles. The van der Waals surface area contributed by atoms with E-state index in [1.54, 1.807) is 6.20 Å². The SMILES string of the molecule is Cc1cc2cc(Nc3ccnc4cc(OCCCN5CCS(=O)(=O)CC5)c(C#N)cc34)ccc2[nH]1. The number of aryl methyl sites for hydroxylation is 1. The number of pyridine rings is 1. The van der Waals surface area contributed by atoms with Crippen LogP contribution in [0.3, 0.4) is 0 Å². The number of aromatic nitrogens is 2. The summed E-state index contributed by atoms with van der Waals surface area (Å²) in [6, 6.07) is 16.0. The van der Waals surface area contributed by atoms with Gasteiger partial charge in [0.25, 0.3) is 0 Å². The Hall–Kier alpha value is -3.61. The van der Waals surface area contributed by atoms with Crippen molar-refractivity contribution in [3.63, 3.8) is 0 Å². The van der Waals surface area contributed by atoms with Gasteiger partial charge < -0.3 is 19.9 Å². The van der Waals surface area contributed by atoms with Crippen LogP contribution in [0.1, 0.15) is 17.7 Å². The third kappa shape index (κ3) is 5.24. The van der Waals surface area contributed by atoms with Crippen molar-refractivity contribution in [2.45, 2.75) is 13.3 Å². The van der Waals surface area contributed by atoms with E-state index in [0.717, 1.165) is 51.8 Å². The molecule has 0 saturated carbocycles. The van der Waals surface area contributed by atoms with Crippen LogP contribution in [0.4, 0.5) is 11.4 Å². The van der Waals surface area contributed by atoms with Gasteiger partial charge in [0.15, 0.2) is 9.84 Å². The van der Waals surface area contributed by atoms with Crippen molar-refractivity contribution >= 4 is 43.0 Å². The normalized spacial score (nSPS) is 15.8. The first-order valence-electron chi connectivity index (χ1n) is 11.6. The lowest BCUT2D eigenvalue weighted by Gasteiger charge is -2.26. The fourth-order valence-corrected chi connectivity index (χ4v) is 5.72. The standard InChI is InChI=1S/C26H27N5O3S/c1-18-13-19-14-21(3-4-23(19)29-18)30-24-5-6-28-25-16-26(20(17-27)15-22(24)25)34-10-2-7-31-8-11-35(32,33)12-9-31/h3-6,13-16,29H,2,7-12H2,1H3,(H,28,30). The zero-order chi connectivity index (χ0) is 24.4. The van der Waals surface area contributed by atoms with Crippen molar-refractivity contribution in [2.24, 2.45) is 0 Å². The van der Waals surface area contributed by atoms with E-state index in [1.165, 1.54) is 0 Å². The van der Waals surface area contributed by atoms with Crippen molar-refractivity contribution in [3.8, 4) is 11.8 Å². The number of hydrogen-bond acceptors (Lipinski definition) is 7. The zero-order valence-electron chi connectivity index (χ0n) is 19.5. The van der Waals surface area contributed by atoms with E-state index in [2.05, 4.69) is 38.4 Å². The molecule has 180 valence electrons. The molecular weight excluding hydrogens is 462 g/mol. The molecule has 0 radical (unpaired) electrons. The van der Waals surface area contributed by atoms with E-state index in [9.17, 15) is 13.7 Å². The number of sulfone groups is 1. The van der Waals surface area contributed by atoms with Gasteiger partial charge in [-0.25, -0.2) is 8.42 Å². The van der Waals surface area contributed by atoms with Gasteiger partial charge in [-0.05, 0) is 49.7 Å². The maximum atomic E-state index is 11.6.